The number of nitrogens with two attached hydrogens (primary N) is 1. The molecule has 0 bridgehead atoms. The van der Waals surface area contributed by atoms with E-state index < -0.39 is 5.97 Å². The van der Waals surface area contributed by atoms with Crippen molar-refractivity contribution in [1.82, 2.24) is 4.37 Å². The standard InChI is InChI=1S/C13H21N3O3S/c1-3-7-19-9-5-4-6-16(8-9)12-10(13(17)18-2)11(14)15-20-12/h9H,3-8H2,1-2H3,(H2,14,15). The third-order valence-corrected chi connectivity index (χ3v) is 4.24. The van der Waals surface area contributed by atoms with Crippen LogP contribution >= 0.6 is 11.5 Å². The highest BCUT2D eigenvalue weighted by Crippen LogP contribution is 2.33. The molecule has 6 nitrogen and oxygen atoms in total. The summed E-state index contributed by atoms with van der Waals surface area (Å²) in [6.07, 6.45) is 3.31. The second-order valence-electron chi connectivity index (χ2n) is 4.82. The zero-order chi connectivity index (χ0) is 14.5. The Hall–Kier alpha value is -1.34. The van der Waals surface area contributed by atoms with Crippen LogP contribution < -0.4 is 10.6 Å². The van der Waals surface area contributed by atoms with E-state index in [1.165, 1.54) is 18.6 Å². The lowest BCUT2D eigenvalue weighted by molar-refractivity contribution is 0.0439. The molecule has 2 heterocycles. The molecule has 1 aromatic heterocycles. The van der Waals surface area contributed by atoms with E-state index in [0.29, 0.717) is 5.56 Å². The molecule has 2 N–H and O–H groups in total. The Bertz CT molecular complexity index is 464. The Balaban J connectivity index is 2.13. The maximum Gasteiger partial charge on any atom is 0.344 e. The minimum Gasteiger partial charge on any atom is -0.465 e. The third kappa shape index (κ3) is 3.21. The number of hydrogen-bond acceptors (Lipinski definition) is 7. The average molecular weight is 299 g/mol. The van der Waals surface area contributed by atoms with Crippen molar-refractivity contribution in [2.45, 2.75) is 32.3 Å². The van der Waals surface area contributed by atoms with Crippen molar-refractivity contribution < 1.29 is 14.3 Å². The van der Waals surface area contributed by atoms with Crippen LogP contribution in [0.2, 0.25) is 0 Å². The predicted molar refractivity (Wildman–Crippen MR) is 79.3 cm³/mol. The van der Waals surface area contributed by atoms with Gasteiger partial charge in [-0.3, -0.25) is 0 Å². The fourth-order valence-corrected chi connectivity index (χ4v) is 3.18. The van der Waals surface area contributed by atoms with E-state index in [1.807, 2.05) is 0 Å². The van der Waals surface area contributed by atoms with Crippen molar-refractivity contribution in [2.75, 3.05) is 37.4 Å². The molecular weight excluding hydrogens is 278 g/mol. The Morgan fingerprint density at radius 1 is 1.60 bits per heavy atom. The van der Waals surface area contributed by atoms with Crippen LogP contribution in [0.15, 0.2) is 0 Å². The van der Waals surface area contributed by atoms with E-state index in [9.17, 15) is 4.79 Å². The number of piperidine rings is 1. The summed E-state index contributed by atoms with van der Waals surface area (Å²) in [5, 5.41) is 0.791. The minimum atomic E-state index is -0.428. The van der Waals surface area contributed by atoms with Gasteiger partial charge in [0, 0.05) is 19.7 Å². The van der Waals surface area contributed by atoms with Crippen molar-refractivity contribution in [3.8, 4) is 0 Å². The van der Waals surface area contributed by atoms with Crippen molar-refractivity contribution >= 4 is 28.3 Å². The summed E-state index contributed by atoms with van der Waals surface area (Å²) in [4.78, 5) is 13.9. The molecule has 2 rings (SSSR count). The molecule has 0 spiro atoms. The Morgan fingerprint density at radius 2 is 2.40 bits per heavy atom. The second kappa shape index (κ2) is 6.90. The number of methoxy groups -OCH3 is 1. The normalized spacial score (nSPS) is 19.1. The van der Waals surface area contributed by atoms with Crippen molar-refractivity contribution in [3.63, 3.8) is 0 Å². The lowest BCUT2D eigenvalue weighted by Gasteiger charge is -2.33. The largest absolute Gasteiger partial charge is 0.465 e. The number of hydrogen-bond donors (Lipinski definition) is 1. The topological polar surface area (TPSA) is 77.7 Å². The van der Waals surface area contributed by atoms with Gasteiger partial charge in [0.15, 0.2) is 5.82 Å². The summed E-state index contributed by atoms with van der Waals surface area (Å²) in [6, 6.07) is 0. The zero-order valence-electron chi connectivity index (χ0n) is 11.9. The van der Waals surface area contributed by atoms with Crippen LogP contribution in [0.1, 0.15) is 36.5 Å². The molecule has 0 saturated carbocycles. The molecular formula is C13H21N3O3S. The van der Waals surface area contributed by atoms with E-state index in [0.717, 1.165) is 44.0 Å². The van der Waals surface area contributed by atoms with Crippen LogP contribution in [0.3, 0.4) is 0 Å². The number of rotatable bonds is 5. The summed E-state index contributed by atoms with van der Waals surface area (Å²) in [5.41, 5.74) is 6.16. The minimum absolute atomic E-state index is 0.206. The van der Waals surface area contributed by atoms with E-state index >= 15 is 0 Å². The van der Waals surface area contributed by atoms with Crippen molar-refractivity contribution in [1.29, 1.82) is 0 Å². The number of nitrogen functional groups attached to an aromatic ring is 1. The highest BCUT2D eigenvalue weighted by Gasteiger charge is 2.28. The molecule has 1 aliphatic rings. The van der Waals surface area contributed by atoms with Crippen LogP contribution in [0, 0.1) is 0 Å². The quantitative estimate of drug-likeness (QED) is 0.837. The summed E-state index contributed by atoms with van der Waals surface area (Å²) in [7, 11) is 1.35. The first-order chi connectivity index (χ1) is 9.67. The van der Waals surface area contributed by atoms with Gasteiger partial charge in [-0.05, 0) is 30.8 Å². The van der Waals surface area contributed by atoms with Gasteiger partial charge >= 0.3 is 5.97 Å². The molecule has 0 amide bonds. The molecule has 1 unspecified atom stereocenters. The van der Waals surface area contributed by atoms with Gasteiger partial charge in [0.2, 0.25) is 0 Å². The number of esters is 1. The molecule has 1 aromatic rings. The number of carbonyl (C=O) groups excluding carboxylic acids is 1. The number of aromatic nitrogens is 1. The number of nitrogens with zero attached hydrogens (tertiary/aromatic N) is 2. The number of ether oxygens (including phenoxy) is 2. The summed E-state index contributed by atoms with van der Waals surface area (Å²) >= 11 is 1.25. The van der Waals surface area contributed by atoms with Crippen LogP contribution in [0.4, 0.5) is 10.8 Å². The first-order valence-electron chi connectivity index (χ1n) is 6.87. The molecule has 1 saturated heterocycles. The SMILES string of the molecule is CCCOC1CCCN(c2snc(N)c2C(=O)OC)C1. The molecule has 1 fully saturated rings. The fraction of sp³-hybridized carbons (Fsp3) is 0.692. The summed E-state index contributed by atoms with van der Waals surface area (Å²) < 4.78 is 14.7. The first-order valence-corrected chi connectivity index (χ1v) is 7.64. The van der Waals surface area contributed by atoms with Crippen molar-refractivity contribution in [2.24, 2.45) is 0 Å². The van der Waals surface area contributed by atoms with Crippen molar-refractivity contribution in [3.05, 3.63) is 5.56 Å². The van der Waals surface area contributed by atoms with Crippen LogP contribution in [-0.2, 0) is 9.47 Å². The molecule has 7 heteroatoms. The van der Waals surface area contributed by atoms with E-state index in [-0.39, 0.29) is 11.9 Å². The van der Waals surface area contributed by atoms with Crippen LogP contribution in [0.5, 0.6) is 0 Å². The van der Waals surface area contributed by atoms with Gasteiger partial charge in [-0.1, -0.05) is 6.92 Å². The van der Waals surface area contributed by atoms with Gasteiger partial charge in [0.1, 0.15) is 10.6 Å². The smallest absolute Gasteiger partial charge is 0.344 e. The number of anilines is 2. The fourth-order valence-electron chi connectivity index (χ4n) is 2.35. The summed E-state index contributed by atoms with van der Waals surface area (Å²) in [6.45, 7) is 4.52. The molecule has 0 radical (unpaired) electrons. The molecule has 0 aliphatic carbocycles. The van der Waals surface area contributed by atoms with Gasteiger partial charge in [0.25, 0.3) is 0 Å². The van der Waals surface area contributed by atoms with Gasteiger partial charge < -0.3 is 20.1 Å². The molecule has 1 aliphatic heterocycles. The van der Waals surface area contributed by atoms with Gasteiger partial charge in [-0.2, -0.15) is 4.37 Å². The molecule has 20 heavy (non-hydrogen) atoms. The molecule has 0 aromatic carbocycles. The monoisotopic (exact) mass is 299 g/mol. The van der Waals surface area contributed by atoms with Gasteiger partial charge in [-0.25, -0.2) is 4.79 Å². The Labute approximate surface area is 123 Å². The average Bonchev–Trinajstić information content (AvgIpc) is 2.86. The maximum absolute atomic E-state index is 11.8. The zero-order valence-corrected chi connectivity index (χ0v) is 12.7. The lowest BCUT2D eigenvalue weighted by atomic mass is 10.1. The number of carbonyl (C=O) groups is 1. The lowest BCUT2D eigenvalue weighted by Crippen LogP contribution is -2.40. The predicted octanol–water partition coefficient (Wildman–Crippen LogP) is 1.91. The van der Waals surface area contributed by atoms with Gasteiger partial charge in [0.05, 0.1) is 13.2 Å². The van der Waals surface area contributed by atoms with E-state index in [4.69, 9.17) is 15.2 Å². The van der Waals surface area contributed by atoms with E-state index in [2.05, 4.69) is 16.2 Å². The third-order valence-electron chi connectivity index (χ3n) is 3.31. The first kappa shape index (κ1) is 15.1. The summed E-state index contributed by atoms with van der Waals surface area (Å²) in [5.74, 6) is -0.184. The second-order valence-corrected chi connectivity index (χ2v) is 5.57. The highest BCUT2D eigenvalue weighted by molar-refractivity contribution is 7.11. The van der Waals surface area contributed by atoms with Crippen LogP contribution in [0.25, 0.3) is 0 Å². The molecule has 112 valence electrons. The van der Waals surface area contributed by atoms with Crippen LogP contribution in [-0.4, -0.2) is 43.3 Å². The van der Waals surface area contributed by atoms with Gasteiger partial charge in [-0.15, -0.1) is 0 Å². The highest BCUT2D eigenvalue weighted by atomic mass is 32.1. The molecule has 1 atom stereocenters. The Kier molecular flexibility index (Phi) is 5.19. The van der Waals surface area contributed by atoms with E-state index in [1.54, 1.807) is 0 Å². The Morgan fingerprint density at radius 3 is 3.10 bits per heavy atom. The maximum atomic E-state index is 11.8.